The van der Waals surface area contributed by atoms with Gasteiger partial charge in [-0.05, 0) is 55.8 Å². The molecule has 2 N–H and O–H groups in total. The van der Waals surface area contributed by atoms with Gasteiger partial charge in [0.25, 0.3) is 11.8 Å². The molecule has 6 heteroatoms. The van der Waals surface area contributed by atoms with E-state index in [1.54, 1.807) is 26.0 Å². The summed E-state index contributed by atoms with van der Waals surface area (Å²) in [7, 11) is 0. The molecule has 0 fully saturated rings. The number of aryl methyl sites for hydroxylation is 1. The molecule has 2 amide bonds. The molecule has 0 aliphatic carbocycles. The number of nitrogens with one attached hydrogen (secondary N) is 2. The van der Waals surface area contributed by atoms with Crippen molar-refractivity contribution in [1.82, 2.24) is 10.9 Å². The van der Waals surface area contributed by atoms with E-state index in [0.29, 0.717) is 11.5 Å². The van der Waals surface area contributed by atoms with Gasteiger partial charge in [-0.1, -0.05) is 48.0 Å². The van der Waals surface area contributed by atoms with Crippen LogP contribution in [0.1, 0.15) is 19.4 Å². The van der Waals surface area contributed by atoms with Crippen LogP contribution in [-0.4, -0.2) is 24.0 Å². The third-order valence-corrected chi connectivity index (χ3v) is 4.41. The van der Waals surface area contributed by atoms with Crippen LogP contribution in [0.5, 0.6) is 11.5 Å². The van der Waals surface area contributed by atoms with Gasteiger partial charge in [-0.2, -0.15) is 0 Å². The van der Waals surface area contributed by atoms with E-state index in [1.165, 1.54) is 0 Å². The summed E-state index contributed by atoms with van der Waals surface area (Å²) >= 11 is 0. The van der Waals surface area contributed by atoms with Gasteiger partial charge >= 0.3 is 0 Å². The molecule has 2 atom stereocenters. The van der Waals surface area contributed by atoms with Gasteiger partial charge in [-0.25, -0.2) is 0 Å². The van der Waals surface area contributed by atoms with E-state index in [2.05, 4.69) is 10.9 Å². The largest absolute Gasteiger partial charge is 0.481 e. The molecule has 29 heavy (non-hydrogen) atoms. The van der Waals surface area contributed by atoms with Gasteiger partial charge in [0, 0.05) is 0 Å². The van der Waals surface area contributed by atoms with Crippen LogP contribution in [0.4, 0.5) is 0 Å². The molecule has 0 bridgehead atoms. The summed E-state index contributed by atoms with van der Waals surface area (Å²) in [6.45, 7) is 5.19. The lowest BCUT2D eigenvalue weighted by molar-refractivity contribution is -0.135. The number of hydrogen-bond acceptors (Lipinski definition) is 4. The van der Waals surface area contributed by atoms with Gasteiger partial charge < -0.3 is 9.47 Å². The lowest BCUT2D eigenvalue weighted by Gasteiger charge is -2.18. The Hall–Kier alpha value is -3.54. The quantitative estimate of drug-likeness (QED) is 0.629. The summed E-state index contributed by atoms with van der Waals surface area (Å²) in [4.78, 5) is 24.4. The molecule has 0 spiro atoms. The van der Waals surface area contributed by atoms with Crippen LogP contribution in [0.15, 0.2) is 66.7 Å². The molecule has 0 saturated carbocycles. The monoisotopic (exact) mass is 392 g/mol. The molecule has 0 radical (unpaired) electrons. The van der Waals surface area contributed by atoms with Crippen LogP contribution in [0, 0.1) is 6.92 Å². The molecule has 150 valence electrons. The Balaban J connectivity index is 1.49. The zero-order chi connectivity index (χ0) is 20.8. The Labute approximate surface area is 169 Å². The molecule has 3 aromatic carbocycles. The van der Waals surface area contributed by atoms with E-state index in [1.807, 2.05) is 61.5 Å². The van der Waals surface area contributed by atoms with Crippen molar-refractivity contribution >= 4 is 22.6 Å². The van der Waals surface area contributed by atoms with Crippen LogP contribution < -0.4 is 20.3 Å². The van der Waals surface area contributed by atoms with E-state index in [9.17, 15) is 9.59 Å². The maximum absolute atomic E-state index is 12.2. The van der Waals surface area contributed by atoms with Crippen LogP contribution in [-0.2, 0) is 9.59 Å². The maximum Gasteiger partial charge on any atom is 0.279 e. The maximum atomic E-state index is 12.2. The number of hydrazine groups is 1. The molecule has 0 aliphatic heterocycles. The van der Waals surface area contributed by atoms with Crippen LogP contribution in [0.2, 0.25) is 0 Å². The summed E-state index contributed by atoms with van der Waals surface area (Å²) in [5.41, 5.74) is 5.84. The Kier molecular flexibility index (Phi) is 6.34. The smallest absolute Gasteiger partial charge is 0.279 e. The molecule has 0 heterocycles. The van der Waals surface area contributed by atoms with Crippen molar-refractivity contribution in [3.8, 4) is 11.5 Å². The summed E-state index contributed by atoms with van der Waals surface area (Å²) in [6.07, 6.45) is -1.56. The first-order valence-electron chi connectivity index (χ1n) is 9.41. The van der Waals surface area contributed by atoms with Crippen molar-refractivity contribution in [3.05, 3.63) is 72.3 Å². The Morgan fingerprint density at radius 3 is 1.86 bits per heavy atom. The number of carbonyl (C=O) groups is 2. The predicted octanol–water partition coefficient (Wildman–Crippen LogP) is 3.53. The molecule has 0 aromatic heterocycles. The Bertz CT molecular complexity index is 1000. The van der Waals surface area contributed by atoms with E-state index >= 15 is 0 Å². The average Bonchev–Trinajstić information content (AvgIpc) is 2.73. The third-order valence-electron chi connectivity index (χ3n) is 4.41. The van der Waals surface area contributed by atoms with Crippen molar-refractivity contribution in [1.29, 1.82) is 0 Å². The van der Waals surface area contributed by atoms with E-state index in [4.69, 9.17) is 9.47 Å². The fraction of sp³-hybridized carbons (Fsp3) is 0.217. The van der Waals surface area contributed by atoms with Crippen molar-refractivity contribution in [2.75, 3.05) is 0 Å². The number of rotatable bonds is 6. The van der Waals surface area contributed by atoms with Crippen molar-refractivity contribution in [2.45, 2.75) is 33.0 Å². The Morgan fingerprint density at radius 1 is 0.724 bits per heavy atom. The second kappa shape index (κ2) is 9.10. The third kappa shape index (κ3) is 5.48. The van der Waals surface area contributed by atoms with Gasteiger partial charge in [0.05, 0.1) is 0 Å². The summed E-state index contributed by atoms with van der Waals surface area (Å²) in [5, 5.41) is 2.11. The average molecular weight is 392 g/mol. The van der Waals surface area contributed by atoms with Crippen molar-refractivity contribution in [3.63, 3.8) is 0 Å². The number of benzene rings is 3. The van der Waals surface area contributed by atoms with Gasteiger partial charge in [-0.15, -0.1) is 0 Å². The predicted molar refractivity (Wildman–Crippen MR) is 112 cm³/mol. The number of fused-ring (bicyclic) bond motifs is 1. The summed E-state index contributed by atoms with van der Waals surface area (Å²) in [6, 6.07) is 20.9. The van der Waals surface area contributed by atoms with E-state index in [0.717, 1.165) is 16.3 Å². The van der Waals surface area contributed by atoms with Crippen molar-refractivity contribution < 1.29 is 19.1 Å². The van der Waals surface area contributed by atoms with Gasteiger partial charge in [0.1, 0.15) is 11.5 Å². The van der Waals surface area contributed by atoms with Gasteiger partial charge in [-0.3, -0.25) is 20.4 Å². The fourth-order valence-corrected chi connectivity index (χ4v) is 2.70. The molecular weight excluding hydrogens is 368 g/mol. The molecule has 6 nitrogen and oxygen atoms in total. The van der Waals surface area contributed by atoms with Crippen LogP contribution in [0.25, 0.3) is 10.8 Å². The summed E-state index contributed by atoms with van der Waals surface area (Å²) in [5.74, 6) is 0.234. The number of hydrogen-bond donors (Lipinski definition) is 2. The van der Waals surface area contributed by atoms with Gasteiger partial charge in [0.15, 0.2) is 12.2 Å². The van der Waals surface area contributed by atoms with Crippen molar-refractivity contribution in [2.24, 2.45) is 0 Å². The standard InChI is InChI=1S/C23H24N2O4/c1-15-8-11-20(12-9-15)28-16(2)22(26)24-25-23(27)17(3)29-21-13-10-18-6-4-5-7-19(18)14-21/h4-14,16-17H,1-3H3,(H,24,26)(H,25,27)/t16-,17+/m1/s1. The number of carbonyl (C=O) groups excluding carboxylic acids is 2. The second-order valence-electron chi connectivity index (χ2n) is 6.82. The molecule has 0 saturated heterocycles. The first kappa shape index (κ1) is 20.2. The zero-order valence-corrected chi connectivity index (χ0v) is 16.6. The minimum atomic E-state index is -0.787. The fourth-order valence-electron chi connectivity index (χ4n) is 2.70. The second-order valence-corrected chi connectivity index (χ2v) is 6.82. The molecule has 0 unspecified atom stereocenters. The van der Waals surface area contributed by atoms with Crippen LogP contribution >= 0.6 is 0 Å². The minimum Gasteiger partial charge on any atom is -0.481 e. The lowest BCUT2D eigenvalue weighted by atomic mass is 10.1. The zero-order valence-electron chi connectivity index (χ0n) is 16.6. The van der Waals surface area contributed by atoms with Crippen LogP contribution in [0.3, 0.4) is 0 Å². The lowest BCUT2D eigenvalue weighted by Crippen LogP contribution is -2.50. The topological polar surface area (TPSA) is 76.7 Å². The highest BCUT2D eigenvalue weighted by atomic mass is 16.5. The molecule has 0 aliphatic rings. The normalized spacial score (nSPS) is 12.7. The highest BCUT2D eigenvalue weighted by molar-refractivity contribution is 5.87. The Morgan fingerprint density at radius 2 is 1.24 bits per heavy atom. The van der Waals surface area contributed by atoms with E-state index in [-0.39, 0.29) is 0 Å². The molecular formula is C23H24N2O4. The summed E-state index contributed by atoms with van der Waals surface area (Å²) < 4.78 is 11.3. The van der Waals surface area contributed by atoms with Gasteiger partial charge in [0.2, 0.25) is 0 Å². The van der Waals surface area contributed by atoms with E-state index < -0.39 is 24.0 Å². The minimum absolute atomic E-state index is 0.461. The molecule has 3 rings (SSSR count). The molecule has 3 aromatic rings. The first-order valence-corrected chi connectivity index (χ1v) is 9.41. The highest BCUT2D eigenvalue weighted by Crippen LogP contribution is 2.21. The number of ether oxygens (including phenoxy) is 2. The first-order chi connectivity index (χ1) is 13.9. The number of amides is 2. The SMILES string of the molecule is Cc1ccc(O[C@H](C)C(=O)NNC(=O)[C@H](C)Oc2ccc3ccccc3c2)cc1. The highest BCUT2D eigenvalue weighted by Gasteiger charge is 2.19.